The highest BCUT2D eigenvalue weighted by Crippen LogP contribution is 2.37. The second-order valence-corrected chi connectivity index (χ2v) is 4.76. The molecule has 3 rings (SSSR count). The molecule has 0 radical (unpaired) electrons. The maximum atomic E-state index is 12.4. The Morgan fingerprint density at radius 2 is 1.74 bits per heavy atom. The molecule has 0 saturated carbocycles. The van der Waals surface area contributed by atoms with E-state index < -0.39 is 23.3 Å². The van der Waals surface area contributed by atoms with Gasteiger partial charge in [0.05, 0.1) is 17.7 Å². The van der Waals surface area contributed by atoms with E-state index in [-0.39, 0.29) is 6.61 Å². The lowest BCUT2D eigenvalue weighted by atomic mass is 9.92. The summed E-state index contributed by atoms with van der Waals surface area (Å²) in [5.74, 6) is -1.29. The summed E-state index contributed by atoms with van der Waals surface area (Å²) >= 11 is 0. The number of hydrogen-bond donors (Lipinski definition) is 0. The highest BCUT2D eigenvalue weighted by Gasteiger charge is 2.55. The average Bonchev–Trinajstić information content (AvgIpc) is 2.91. The van der Waals surface area contributed by atoms with Crippen LogP contribution in [0.2, 0.25) is 0 Å². The molecule has 0 aliphatic carbocycles. The van der Waals surface area contributed by atoms with Gasteiger partial charge in [0.15, 0.2) is 5.54 Å². The molecule has 1 aromatic rings. The molecule has 2 aliphatic rings. The van der Waals surface area contributed by atoms with Crippen LogP contribution in [0.25, 0.3) is 0 Å². The van der Waals surface area contributed by atoms with Gasteiger partial charge in [-0.3, -0.25) is 14.5 Å². The van der Waals surface area contributed by atoms with Gasteiger partial charge in [0.25, 0.3) is 11.8 Å². The van der Waals surface area contributed by atoms with E-state index in [0.29, 0.717) is 24.0 Å². The zero-order valence-corrected chi connectivity index (χ0v) is 10.5. The van der Waals surface area contributed by atoms with Crippen molar-refractivity contribution in [2.24, 2.45) is 0 Å². The van der Waals surface area contributed by atoms with Gasteiger partial charge < -0.3 is 4.74 Å². The zero-order valence-electron chi connectivity index (χ0n) is 10.5. The average molecular weight is 259 g/mol. The molecule has 98 valence electrons. The first-order chi connectivity index (χ1) is 9.12. The molecular weight excluding hydrogens is 246 g/mol. The van der Waals surface area contributed by atoms with E-state index in [1.54, 1.807) is 31.2 Å². The molecule has 0 spiro atoms. The Morgan fingerprint density at radius 1 is 1.16 bits per heavy atom. The number of cyclic esters (lactones) is 1. The quantitative estimate of drug-likeness (QED) is 0.594. The van der Waals surface area contributed by atoms with Crippen LogP contribution in [0.4, 0.5) is 0 Å². The van der Waals surface area contributed by atoms with E-state index in [9.17, 15) is 14.4 Å². The molecule has 0 unspecified atom stereocenters. The number of ether oxygens (including phenoxy) is 1. The Kier molecular flexibility index (Phi) is 2.45. The molecule has 0 N–H and O–H groups in total. The summed E-state index contributed by atoms with van der Waals surface area (Å²) in [5.41, 5.74) is -0.409. The Balaban J connectivity index is 2.11. The number of imide groups is 1. The molecule has 1 saturated heterocycles. The third kappa shape index (κ3) is 1.38. The zero-order chi connectivity index (χ0) is 13.6. The largest absolute Gasteiger partial charge is 0.464 e. The molecule has 2 amide bonds. The molecule has 5 nitrogen and oxygen atoms in total. The van der Waals surface area contributed by atoms with Crippen LogP contribution in [-0.2, 0) is 9.53 Å². The van der Waals surface area contributed by atoms with Gasteiger partial charge >= 0.3 is 5.97 Å². The number of carbonyl (C=O) groups is 3. The fourth-order valence-electron chi connectivity index (χ4n) is 2.81. The topological polar surface area (TPSA) is 63.7 Å². The lowest BCUT2D eigenvalue weighted by molar-refractivity contribution is -0.146. The summed E-state index contributed by atoms with van der Waals surface area (Å²) in [6.45, 7) is 2.04. The van der Waals surface area contributed by atoms with Crippen LogP contribution < -0.4 is 0 Å². The third-order valence-corrected chi connectivity index (χ3v) is 3.94. The minimum atomic E-state index is -1.13. The predicted molar refractivity (Wildman–Crippen MR) is 65.5 cm³/mol. The normalized spacial score (nSPS) is 25.7. The highest BCUT2D eigenvalue weighted by atomic mass is 16.5. The number of benzene rings is 1. The monoisotopic (exact) mass is 259 g/mol. The SMILES string of the molecule is CC[C@@]1(N2C(=O)c3ccccc3C2=O)CCOC1=O. The van der Waals surface area contributed by atoms with Gasteiger partial charge in [-0.25, -0.2) is 4.79 Å². The summed E-state index contributed by atoms with van der Waals surface area (Å²) in [7, 11) is 0. The molecule has 1 fully saturated rings. The van der Waals surface area contributed by atoms with E-state index in [4.69, 9.17) is 4.74 Å². The van der Waals surface area contributed by atoms with Crippen molar-refractivity contribution in [2.45, 2.75) is 25.3 Å². The number of fused-ring (bicyclic) bond motifs is 1. The van der Waals surface area contributed by atoms with Crippen molar-refractivity contribution in [3.63, 3.8) is 0 Å². The number of amides is 2. The second-order valence-electron chi connectivity index (χ2n) is 4.76. The summed E-state index contributed by atoms with van der Waals surface area (Å²) in [5, 5.41) is 0. The van der Waals surface area contributed by atoms with E-state index in [2.05, 4.69) is 0 Å². The first kappa shape index (κ1) is 11.9. The van der Waals surface area contributed by atoms with Gasteiger partial charge in [0.2, 0.25) is 0 Å². The maximum absolute atomic E-state index is 12.4. The molecule has 0 bridgehead atoms. The number of rotatable bonds is 2. The highest BCUT2D eigenvalue weighted by molar-refractivity contribution is 6.23. The molecule has 1 aromatic carbocycles. The van der Waals surface area contributed by atoms with Crippen molar-refractivity contribution in [1.29, 1.82) is 0 Å². The van der Waals surface area contributed by atoms with Crippen molar-refractivity contribution in [3.05, 3.63) is 35.4 Å². The first-order valence-corrected chi connectivity index (χ1v) is 6.27. The maximum Gasteiger partial charge on any atom is 0.332 e. The van der Waals surface area contributed by atoms with Gasteiger partial charge in [0, 0.05) is 6.42 Å². The van der Waals surface area contributed by atoms with Gasteiger partial charge in [-0.05, 0) is 18.6 Å². The number of esters is 1. The second kappa shape index (κ2) is 3.91. The van der Waals surface area contributed by atoms with Crippen molar-refractivity contribution < 1.29 is 19.1 Å². The van der Waals surface area contributed by atoms with Crippen LogP contribution in [-0.4, -0.2) is 34.8 Å². The van der Waals surface area contributed by atoms with Gasteiger partial charge in [-0.2, -0.15) is 0 Å². The van der Waals surface area contributed by atoms with Crippen LogP contribution in [0.3, 0.4) is 0 Å². The van der Waals surface area contributed by atoms with Crippen LogP contribution in [0, 0.1) is 0 Å². The lowest BCUT2D eigenvalue weighted by Crippen LogP contribution is -2.54. The first-order valence-electron chi connectivity index (χ1n) is 6.27. The van der Waals surface area contributed by atoms with E-state index in [1.165, 1.54) is 0 Å². The molecule has 0 aromatic heterocycles. The number of carbonyl (C=O) groups excluding carboxylic acids is 3. The molecule has 19 heavy (non-hydrogen) atoms. The number of nitrogens with zero attached hydrogens (tertiary/aromatic N) is 1. The molecule has 2 aliphatic heterocycles. The smallest absolute Gasteiger partial charge is 0.332 e. The molecular formula is C14H13NO4. The molecule has 5 heteroatoms. The predicted octanol–water partition coefficient (Wildman–Crippen LogP) is 1.38. The summed E-state index contributed by atoms with van der Waals surface area (Å²) in [4.78, 5) is 37.9. The standard InChI is InChI=1S/C14H13NO4/c1-2-14(7-8-19-13(14)18)15-11(16)9-5-3-4-6-10(9)12(15)17/h3-6H,2,7-8H2,1H3/t14-/m1/s1. The van der Waals surface area contributed by atoms with Crippen molar-refractivity contribution in [1.82, 2.24) is 4.90 Å². The summed E-state index contributed by atoms with van der Waals surface area (Å²) in [6.07, 6.45) is 0.741. The Labute approximate surface area is 110 Å². The molecule has 1 atom stereocenters. The van der Waals surface area contributed by atoms with Crippen molar-refractivity contribution in [2.75, 3.05) is 6.61 Å². The minimum Gasteiger partial charge on any atom is -0.464 e. The van der Waals surface area contributed by atoms with E-state index in [1.807, 2.05) is 0 Å². The summed E-state index contributed by atoms with van der Waals surface area (Å²) < 4.78 is 4.98. The van der Waals surface area contributed by atoms with E-state index in [0.717, 1.165) is 4.90 Å². The fraction of sp³-hybridized carbons (Fsp3) is 0.357. The summed E-state index contributed by atoms with van der Waals surface area (Å²) in [6, 6.07) is 6.64. The lowest BCUT2D eigenvalue weighted by Gasteiger charge is -2.32. The van der Waals surface area contributed by atoms with Crippen LogP contribution in [0.1, 0.15) is 40.5 Å². The van der Waals surface area contributed by atoms with Crippen LogP contribution >= 0.6 is 0 Å². The third-order valence-electron chi connectivity index (χ3n) is 3.94. The van der Waals surface area contributed by atoms with Gasteiger partial charge in [-0.1, -0.05) is 19.1 Å². The Bertz CT molecular complexity index is 560. The van der Waals surface area contributed by atoms with Crippen molar-refractivity contribution in [3.8, 4) is 0 Å². The van der Waals surface area contributed by atoms with Crippen molar-refractivity contribution >= 4 is 17.8 Å². The van der Waals surface area contributed by atoms with Crippen LogP contribution in [0.5, 0.6) is 0 Å². The Morgan fingerprint density at radius 3 is 2.16 bits per heavy atom. The fourth-order valence-corrected chi connectivity index (χ4v) is 2.81. The van der Waals surface area contributed by atoms with Gasteiger partial charge in [-0.15, -0.1) is 0 Å². The minimum absolute atomic E-state index is 0.250. The Hall–Kier alpha value is -2.17. The molecule has 2 heterocycles. The van der Waals surface area contributed by atoms with Gasteiger partial charge in [0.1, 0.15) is 0 Å². The van der Waals surface area contributed by atoms with Crippen LogP contribution in [0.15, 0.2) is 24.3 Å². The number of hydrogen-bond acceptors (Lipinski definition) is 4. The van der Waals surface area contributed by atoms with E-state index >= 15 is 0 Å².